The molecule has 3 saturated heterocycles. The van der Waals surface area contributed by atoms with Crippen molar-refractivity contribution < 1.29 is 19.1 Å². The number of hydrogen-bond donors (Lipinski definition) is 2. The van der Waals surface area contributed by atoms with E-state index in [2.05, 4.69) is 75.7 Å². The molecule has 0 unspecified atom stereocenters. The standard InChI is InChI=1S/C42H49ClN10O4/c1-41(2)36(42(3,4)38(41)57-27-20-30(43)31(21-44)46-22-27)35-29(37(45)55)23-47-39(49-35)51-16-8-25(9-17-51)24-50-14-10-26(11-15-50)52-18-12-28-32(52)6-5-7-33(28)53-19-13-34(54)48-40(53)56/h5-7,12,18,20,22-23,25-26,36,38H,8-11,13-17,19,24H2,1-4H3,(H2,45,55)(H,48,54,56). The van der Waals surface area contributed by atoms with Gasteiger partial charge in [-0.25, -0.2) is 19.7 Å². The molecule has 3 aromatic heterocycles. The Morgan fingerprint density at radius 2 is 1.75 bits per heavy atom. The molecule has 0 spiro atoms. The largest absolute Gasteiger partial charge is 0.488 e. The molecule has 1 aliphatic carbocycles. The third-order valence-electron chi connectivity index (χ3n) is 12.8. The second-order valence-electron chi connectivity index (χ2n) is 17.2. The molecule has 0 radical (unpaired) electrons. The average Bonchev–Trinajstić information content (AvgIpc) is 3.62. The zero-order chi connectivity index (χ0) is 40.2. The molecule has 0 bridgehead atoms. The fourth-order valence-corrected chi connectivity index (χ4v) is 10.6. The third kappa shape index (κ3) is 7.05. The predicted octanol–water partition coefficient (Wildman–Crippen LogP) is 6.05. The normalized spacial score (nSPS) is 22.9. The Hall–Kier alpha value is -5.26. The molecule has 3 N–H and O–H groups in total. The van der Waals surface area contributed by atoms with Crippen LogP contribution in [0.25, 0.3) is 10.9 Å². The number of carbonyl (C=O) groups is 3. The van der Waals surface area contributed by atoms with Crippen LogP contribution in [0.3, 0.4) is 0 Å². The fraction of sp³-hybridized carbons (Fsp3) is 0.500. The number of nitriles is 1. The summed E-state index contributed by atoms with van der Waals surface area (Å²) in [5, 5.41) is 12.9. The number of pyridine rings is 1. The van der Waals surface area contributed by atoms with E-state index in [4.69, 9.17) is 27.1 Å². The Bertz CT molecular complexity index is 2250. The van der Waals surface area contributed by atoms with Gasteiger partial charge in [0.05, 0.1) is 33.7 Å². The Morgan fingerprint density at radius 1 is 1.02 bits per heavy atom. The van der Waals surface area contributed by atoms with Gasteiger partial charge in [0.25, 0.3) is 5.91 Å². The van der Waals surface area contributed by atoms with Crippen molar-refractivity contribution in [2.45, 2.75) is 77.9 Å². The maximum atomic E-state index is 12.7. The fourth-order valence-electron chi connectivity index (χ4n) is 10.4. The van der Waals surface area contributed by atoms with Gasteiger partial charge in [0.15, 0.2) is 5.69 Å². The van der Waals surface area contributed by atoms with Crippen LogP contribution >= 0.6 is 11.6 Å². The van der Waals surface area contributed by atoms with Crippen molar-refractivity contribution >= 4 is 52.0 Å². The summed E-state index contributed by atoms with van der Waals surface area (Å²) in [6, 6.07) is 11.8. The molecule has 4 fully saturated rings. The number of primary amides is 1. The molecular formula is C42H49ClN10O4. The summed E-state index contributed by atoms with van der Waals surface area (Å²) in [6.07, 6.45) is 9.42. The van der Waals surface area contributed by atoms with Crippen molar-refractivity contribution in [3.63, 3.8) is 0 Å². The number of amides is 4. The first-order valence-electron chi connectivity index (χ1n) is 19.8. The van der Waals surface area contributed by atoms with E-state index in [-0.39, 0.29) is 34.7 Å². The van der Waals surface area contributed by atoms with Gasteiger partial charge in [0.1, 0.15) is 17.9 Å². The number of carbonyl (C=O) groups excluding carboxylic acids is 3. The average molecular weight is 793 g/mol. The Morgan fingerprint density at radius 3 is 2.42 bits per heavy atom. The number of nitrogens with two attached hydrogens (primary N) is 1. The van der Waals surface area contributed by atoms with Crippen LogP contribution in [0.1, 0.15) is 93.5 Å². The van der Waals surface area contributed by atoms with Crippen LogP contribution in [-0.4, -0.2) is 87.6 Å². The van der Waals surface area contributed by atoms with Gasteiger partial charge in [-0.05, 0) is 49.8 Å². The van der Waals surface area contributed by atoms with Crippen molar-refractivity contribution in [3.8, 4) is 11.8 Å². The lowest BCUT2D eigenvalue weighted by atomic mass is 9.44. The zero-order valence-electron chi connectivity index (χ0n) is 32.9. The summed E-state index contributed by atoms with van der Waals surface area (Å²) in [5.41, 5.74) is 8.09. The van der Waals surface area contributed by atoms with Crippen LogP contribution in [0.4, 0.5) is 16.4 Å². The van der Waals surface area contributed by atoms with Gasteiger partial charge in [0.2, 0.25) is 11.9 Å². The second kappa shape index (κ2) is 14.9. The highest BCUT2D eigenvalue weighted by atomic mass is 35.5. The molecular weight excluding hydrogens is 744 g/mol. The molecule has 1 aromatic carbocycles. The molecule has 4 aliphatic rings. The lowest BCUT2D eigenvalue weighted by Gasteiger charge is -2.63. The maximum absolute atomic E-state index is 12.7. The topological polar surface area (TPSA) is 176 Å². The summed E-state index contributed by atoms with van der Waals surface area (Å²) in [6.45, 7) is 13.5. The summed E-state index contributed by atoms with van der Waals surface area (Å²) in [5.74, 6) is 0.708. The lowest BCUT2D eigenvalue weighted by Crippen LogP contribution is -2.64. The lowest BCUT2D eigenvalue weighted by molar-refractivity contribution is -0.161. The molecule has 298 valence electrons. The van der Waals surface area contributed by atoms with Gasteiger partial charge in [-0.15, -0.1) is 0 Å². The second-order valence-corrected chi connectivity index (χ2v) is 17.6. The molecule has 4 amide bonds. The molecule has 57 heavy (non-hydrogen) atoms. The van der Waals surface area contributed by atoms with E-state index >= 15 is 0 Å². The van der Waals surface area contributed by atoms with Crippen LogP contribution in [0.15, 0.2) is 48.9 Å². The van der Waals surface area contributed by atoms with Crippen molar-refractivity contribution in [3.05, 3.63) is 70.9 Å². The van der Waals surface area contributed by atoms with E-state index in [1.807, 2.05) is 18.2 Å². The molecule has 0 atom stereocenters. The minimum atomic E-state index is -0.557. The monoisotopic (exact) mass is 792 g/mol. The molecule has 8 rings (SSSR count). The van der Waals surface area contributed by atoms with Crippen molar-refractivity contribution in [1.82, 2.24) is 29.7 Å². The summed E-state index contributed by atoms with van der Waals surface area (Å²) in [4.78, 5) is 57.4. The Balaban J connectivity index is 0.886. The smallest absolute Gasteiger partial charge is 0.328 e. The Kier molecular flexibility index (Phi) is 10.1. The number of piperidine rings is 2. The maximum Gasteiger partial charge on any atom is 0.328 e. The summed E-state index contributed by atoms with van der Waals surface area (Å²) < 4.78 is 8.82. The van der Waals surface area contributed by atoms with E-state index < -0.39 is 16.7 Å². The number of likely N-dealkylation sites (tertiary alicyclic amines) is 1. The number of ether oxygens (including phenoxy) is 1. The number of anilines is 2. The number of imide groups is 1. The number of urea groups is 1. The number of nitrogens with zero attached hydrogens (tertiary/aromatic N) is 8. The number of aromatic nitrogens is 4. The highest BCUT2D eigenvalue weighted by Gasteiger charge is 2.65. The number of nitrogens with one attached hydrogen (secondary N) is 1. The highest BCUT2D eigenvalue weighted by molar-refractivity contribution is 6.31. The summed E-state index contributed by atoms with van der Waals surface area (Å²) in [7, 11) is 0. The molecule has 6 heterocycles. The number of hydrogen-bond acceptors (Lipinski definition) is 10. The Labute approximate surface area is 337 Å². The van der Waals surface area contributed by atoms with Gasteiger partial charge in [-0.2, -0.15) is 5.26 Å². The van der Waals surface area contributed by atoms with Crippen molar-refractivity contribution in [1.29, 1.82) is 5.26 Å². The van der Waals surface area contributed by atoms with E-state index in [1.165, 1.54) is 6.20 Å². The minimum absolute atomic E-state index is 0.143. The number of fused-ring (bicyclic) bond motifs is 1. The molecule has 14 nitrogen and oxygen atoms in total. The van der Waals surface area contributed by atoms with E-state index in [0.29, 0.717) is 47.9 Å². The van der Waals surface area contributed by atoms with Crippen LogP contribution < -0.4 is 25.6 Å². The highest BCUT2D eigenvalue weighted by Crippen LogP contribution is 2.65. The molecule has 15 heteroatoms. The quantitative estimate of drug-likeness (QED) is 0.203. The van der Waals surface area contributed by atoms with Gasteiger partial charge in [-0.1, -0.05) is 45.4 Å². The van der Waals surface area contributed by atoms with Crippen molar-refractivity contribution in [2.75, 3.05) is 49.1 Å². The first-order valence-corrected chi connectivity index (χ1v) is 20.2. The van der Waals surface area contributed by atoms with E-state index in [1.54, 1.807) is 17.2 Å². The van der Waals surface area contributed by atoms with Crippen LogP contribution in [0.2, 0.25) is 5.02 Å². The minimum Gasteiger partial charge on any atom is -0.488 e. The molecule has 3 aliphatic heterocycles. The van der Waals surface area contributed by atoms with Gasteiger partial charge in [-0.3, -0.25) is 19.8 Å². The molecule has 1 saturated carbocycles. The summed E-state index contributed by atoms with van der Waals surface area (Å²) >= 11 is 6.26. The van der Waals surface area contributed by atoms with Crippen LogP contribution in [0.5, 0.6) is 5.75 Å². The first-order chi connectivity index (χ1) is 27.3. The SMILES string of the molecule is CC1(C)C(Oc2cnc(C#N)c(Cl)c2)C(C)(C)C1c1nc(N2CCC(CN3CCC(n4ccc5c(N6CCC(=O)NC6=O)cccc54)CC3)CC2)ncc1C(N)=O. The van der Waals surface area contributed by atoms with Gasteiger partial charge >= 0.3 is 6.03 Å². The first kappa shape index (κ1) is 38.6. The number of rotatable bonds is 9. The molecule has 4 aromatic rings. The van der Waals surface area contributed by atoms with Gasteiger partial charge in [0, 0.05) is 92.3 Å². The van der Waals surface area contributed by atoms with E-state index in [0.717, 1.165) is 75.0 Å². The van der Waals surface area contributed by atoms with Crippen LogP contribution in [0, 0.1) is 28.1 Å². The number of benzene rings is 1. The van der Waals surface area contributed by atoms with E-state index in [9.17, 15) is 19.6 Å². The zero-order valence-corrected chi connectivity index (χ0v) is 33.6. The predicted molar refractivity (Wildman–Crippen MR) is 216 cm³/mol. The van der Waals surface area contributed by atoms with Crippen molar-refractivity contribution in [2.24, 2.45) is 22.5 Å². The van der Waals surface area contributed by atoms with Gasteiger partial charge < -0.3 is 24.8 Å². The van der Waals surface area contributed by atoms with Crippen LogP contribution in [-0.2, 0) is 4.79 Å². The number of halogens is 1. The third-order valence-corrected chi connectivity index (χ3v) is 13.1.